The summed E-state index contributed by atoms with van der Waals surface area (Å²) in [5.41, 5.74) is 0.611. The molecule has 1 aliphatic heterocycles. The maximum absolute atomic E-state index is 12.8. The van der Waals surface area contributed by atoms with Crippen molar-refractivity contribution < 1.29 is 27.8 Å². The van der Waals surface area contributed by atoms with Gasteiger partial charge < -0.3 is 14.7 Å². The van der Waals surface area contributed by atoms with Gasteiger partial charge in [0.1, 0.15) is 5.75 Å². The van der Waals surface area contributed by atoms with Gasteiger partial charge in [0.15, 0.2) is 0 Å². The number of rotatable bonds is 4. The van der Waals surface area contributed by atoms with Gasteiger partial charge in [-0.3, -0.25) is 4.79 Å². The highest BCUT2D eigenvalue weighted by Crippen LogP contribution is 2.41. The van der Waals surface area contributed by atoms with Crippen LogP contribution in [0.25, 0.3) is 0 Å². The van der Waals surface area contributed by atoms with E-state index in [4.69, 9.17) is 4.74 Å². The molecule has 2 aromatic rings. The van der Waals surface area contributed by atoms with Crippen molar-refractivity contribution in [3.05, 3.63) is 59.7 Å². The van der Waals surface area contributed by atoms with E-state index in [0.717, 1.165) is 17.8 Å². The molecule has 1 aliphatic rings. The summed E-state index contributed by atoms with van der Waals surface area (Å²) in [6.07, 6.45) is -4.00. The normalized spacial score (nSPS) is 20.2. The van der Waals surface area contributed by atoms with E-state index in [1.54, 1.807) is 19.2 Å². The summed E-state index contributed by atoms with van der Waals surface area (Å²) in [5.74, 6) is -0.964. The second-order valence-corrected chi connectivity index (χ2v) is 6.19. The van der Waals surface area contributed by atoms with Crippen LogP contribution in [0.15, 0.2) is 48.5 Å². The van der Waals surface area contributed by atoms with E-state index in [2.05, 4.69) is 0 Å². The maximum Gasteiger partial charge on any atom is 0.416 e. The van der Waals surface area contributed by atoms with Crippen molar-refractivity contribution in [3.63, 3.8) is 0 Å². The molecular weight excluding hydrogens is 347 g/mol. The largest absolute Gasteiger partial charge is 0.497 e. The monoisotopic (exact) mass is 365 g/mol. The molecule has 26 heavy (non-hydrogen) atoms. The lowest BCUT2D eigenvalue weighted by atomic mass is 9.93. The number of alkyl halides is 3. The van der Waals surface area contributed by atoms with Crippen LogP contribution in [0.3, 0.4) is 0 Å². The van der Waals surface area contributed by atoms with Crippen LogP contribution < -0.4 is 9.64 Å². The Morgan fingerprint density at radius 1 is 1.12 bits per heavy atom. The molecule has 2 unspecified atom stereocenters. The number of hydrogen-bond acceptors (Lipinski definition) is 3. The molecule has 2 aromatic carbocycles. The van der Waals surface area contributed by atoms with Crippen LogP contribution >= 0.6 is 0 Å². The van der Waals surface area contributed by atoms with Crippen molar-refractivity contribution in [2.45, 2.75) is 18.6 Å². The summed E-state index contributed by atoms with van der Waals surface area (Å²) in [4.78, 5) is 13.6. The minimum Gasteiger partial charge on any atom is -0.497 e. The minimum absolute atomic E-state index is 0.424. The third-order valence-electron chi connectivity index (χ3n) is 4.70. The van der Waals surface area contributed by atoms with E-state index in [-0.39, 0.29) is 0 Å². The van der Waals surface area contributed by atoms with Crippen LogP contribution in [0, 0.1) is 5.92 Å². The minimum atomic E-state index is -4.42. The number of carboxylic acid groups (broad SMARTS) is 1. The fraction of sp³-hybridized carbons (Fsp3) is 0.316. The molecule has 3 rings (SSSR count). The van der Waals surface area contributed by atoms with Gasteiger partial charge in [-0.05, 0) is 48.4 Å². The molecule has 7 heteroatoms. The Kier molecular flexibility index (Phi) is 4.80. The average molecular weight is 365 g/mol. The van der Waals surface area contributed by atoms with Crippen LogP contribution in [0.2, 0.25) is 0 Å². The molecule has 1 heterocycles. The van der Waals surface area contributed by atoms with Gasteiger partial charge in [0.2, 0.25) is 0 Å². The molecule has 1 saturated heterocycles. The molecule has 1 fully saturated rings. The zero-order chi connectivity index (χ0) is 18.9. The molecule has 0 aromatic heterocycles. The highest BCUT2D eigenvalue weighted by Gasteiger charge is 2.40. The summed E-state index contributed by atoms with van der Waals surface area (Å²) < 4.78 is 43.5. The van der Waals surface area contributed by atoms with Gasteiger partial charge in [-0.15, -0.1) is 0 Å². The number of carboxylic acids is 1. The number of benzene rings is 2. The molecule has 0 radical (unpaired) electrons. The number of anilines is 1. The lowest BCUT2D eigenvalue weighted by Gasteiger charge is -2.29. The van der Waals surface area contributed by atoms with E-state index < -0.39 is 29.7 Å². The lowest BCUT2D eigenvalue weighted by molar-refractivity contribution is -0.142. The van der Waals surface area contributed by atoms with Crippen molar-refractivity contribution in [1.82, 2.24) is 0 Å². The molecule has 0 aliphatic carbocycles. The van der Waals surface area contributed by atoms with Gasteiger partial charge in [-0.2, -0.15) is 13.2 Å². The number of ether oxygens (including phenoxy) is 1. The highest BCUT2D eigenvalue weighted by atomic mass is 19.4. The van der Waals surface area contributed by atoms with E-state index in [9.17, 15) is 23.1 Å². The third-order valence-corrected chi connectivity index (χ3v) is 4.70. The van der Waals surface area contributed by atoms with E-state index >= 15 is 0 Å². The van der Waals surface area contributed by atoms with Crippen LogP contribution in [0.1, 0.15) is 23.6 Å². The number of aliphatic carboxylic acids is 1. The summed E-state index contributed by atoms with van der Waals surface area (Å²) in [5, 5.41) is 9.55. The van der Waals surface area contributed by atoms with Crippen LogP contribution in [-0.2, 0) is 11.0 Å². The molecule has 1 N–H and O–H groups in total. The third kappa shape index (κ3) is 3.47. The Hall–Kier alpha value is -2.70. The van der Waals surface area contributed by atoms with E-state index in [0.29, 0.717) is 24.3 Å². The van der Waals surface area contributed by atoms with Gasteiger partial charge in [0.05, 0.1) is 24.6 Å². The Morgan fingerprint density at radius 2 is 1.73 bits per heavy atom. The molecule has 0 saturated carbocycles. The van der Waals surface area contributed by atoms with Crippen molar-refractivity contribution in [2.75, 3.05) is 18.6 Å². The number of methoxy groups -OCH3 is 1. The first kappa shape index (κ1) is 18.1. The standard InChI is InChI=1S/C19H18F3NO3/c1-26-15-8-6-14(7-9-15)23-11-10-16(18(24)25)17(23)12-2-4-13(5-3-12)19(20,21)22/h2-9,16-17H,10-11H2,1H3,(H,24,25). The summed E-state index contributed by atoms with van der Waals surface area (Å²) >= 11 is 0. The summed E-state index contributed by atoms with van der Waals surface area (Å²) in [6, 6.07) is 11.4. The van der Waals surface area contributed by atoms with Crippen LogP contribution in [0.5, 0.6) is 5.75 Å². The number of hydrogen-bond donors (Lipinski definition) is 1. The van der Waals surface area contributed by atoms with Gasteiger partial charge in [-0.25, -0.2) is 0 Å². The molecule has 0 amide bonds. The SMILES string of the molecule is COc1ccc(N2CCC(C(=O)O)C2c2ccc(C(F)(F)F)cc2)cc1. The maximum atomic E-state index is 12.8. The first-order valence-electron chi connectivity index (χ1n) is 8.12. The first-order chi connectivity index (χ1) is 12.3. The smallest absolute Gasteiger partial charge is 0.416 e. The molecule has 2 atom stereocenters. The fourth-order valence-corrected chi connectivity index (χ4v) is 3.40. The summed E-state index contributed by atoms with van der Waals surface area (Å²) in [7, 11) is 1.55. The number of halogens is 3. The van der Waals surface area contributed by atoms with Gasteiger partial charge >= 0.3 is 12.1 Å². The second-order valence-electron chi connectivity index (χ2n) is 6.19. The first-order valence-corrected chi connectivity index (χ1v) is 8.12. The van der Waals surface area contributed by atoms with Gasteiger partial charge in [0.25, 0.3) is 0 Å². The Balaban J connectivity index is 1.96. The van der Waals surface area contributed by atoms with E-state index in [1.165, 1.54) is 12.1 Å². The van der Waals surface area contributed by atoms with E-state index in [1.807, 2.05) is 17.0 Å². The van der Waals surface area contributed by atoms with Crippen LogP contribution in [-0.4, -0.2) is 24.7 Å². The number of carbonyl (C=O) groups is 1. The van der Waals surface area contributed by atoms with Crippen molar-refractivity contribution in [1.29, 1.82) is 0 Å². The quantitative estimate of drug-likeness (QED) is 0.874. The fourth-order valence-electron chi connectivity index (χ4n) is 3.40. The zero-order valence-corrected chi connectivity index (χ0v) is 14.0. The average Bonchev–Trinajstić information content (AvgIpc) is 3.06. The predicted octanol–water partition coefficient (Wildman–Crippen LogP) is 4.37. The Labute approximate surface area is 148 Å². The van der Waals surface area contributed by atoms with Gasteiger partial charge in [0, 0.05) is 12.2 Å². The van der Waals surface area contributed by atoms with Crippen LogP contribution in [0.4, 0.5) is 18.9 Å². The number of nitrogens with zero attached hydrogens (tertiary/aromatic N) is 1. The summed E-state index contributed by atoms with van der Waals surface area (Å²) in [6.45, 7) is 0.509. The Morgan fingerprint density at radius 3 is 2.23 bits per heavy atom. The van der Waals surface area contributed by atoms with Crippen molar-refractivity contribution in [3.8, 4) is 5.75 Å². The lowest BCUT2D eigenvalue weighted by Crippen LogP contribution is -2.28. The molecule has 0 spiro atoms. The zero-order valence-electron chi connectivity index (χ0n) is 14.0. The van der Waals surface area contributed by atoms with Crippen molar-refractivity contribution in [2.24, 2.45) is 5.92 Å². The topological polar surface area (TPSA) is 49.8 Å². The predicted molar refractivity (Wildman–Crippen MR) is 90.3 cm³/mol. The highest BCUT2D eigenvalue weighted by molar-refractivity contribution is 5.74. The molecule has 4 nitrogen and oxygen atoms in total. The molecular formula is C19H18F3NO3. The Bertz CT molecular complexity index is 772. The van der Waals surface area contributed by atoms with Crippen molar-refractivity contribution >= 4 is 11.7 Å². The van der Waals surface area contributed by atoms with Gasteiger partial charge in [-0.1, -0.05) is 12.1 Å². The molecule has 0 bridgehead atoms. The molecule has 138 valence electrons. The second kappa shape index (κ2) is 6.90.